The molecule has 0 unspecified atom stereocenters. The van der Waals surface area contributed by atoms with Crippen LogP contribution in [0.3, 0.4) is 0 Å². The van der Waals surface area contributed by atoms with Gasteiger partial charge >= 0.3 is 0 Å². The molecule has 0 saturated carbocycles. The summed E-state index contributed by atoms with van der Waals surface area (Å²) in [5.41, 5.74) is 11.7. The second-order valence-electron chi connectivity index (χ2n) is 14.4. The lowest BCUT2D eigenvalue weighted by atomic mass is 10.0. The fourth-order valence-corrected chi connectivity index (χ4v) is 8.89. The quantitative estimate of drug-likeness (QED) is 0.182. The predicted octanol–water partition coefficient (Wildman–Crippen LogP) is 13.7. The van der Waals surface area contributed by atoms with Gasteiger partial charge in [0, 0.05) is 56.5 Å². The molecule has 0 aliphatic carbocycles. The van der Waals surface area contributed by atoms with E-state index in [9.17, 15) is 0 Å². The molecule has 0 saturated heterocycles. The minimum absolute atomic E-state index is 0.782. The van der Waals surface area contributed by atoms with E-state index in [1.165, 1.54) is 26.9 Å². The van der Waals surface area contributed by atoms with Crippen LogP contribution in [0.15, 0.2) is 194 Å². The van der Waals surface area contributed by atoms with Crippen molar-refractivity contribution in [2.45, 2.75) is 0 Å². The van der Waals surface area contributed by atoms with Crippen LogP contribution < -0.4 is 9.64 Å². The number of fused-ring (bicyclic) bond motifs is 9. The van der Waals surface area contributed by atoms with Crippen molar-refractivity contribution in [3.8, 4) is 34.1 Å². The van der Waals surface area contributed by atoms with Crippen molar-refractivity contribution in [1.82, 2.24) is 14.1 Å². The first-order valence-corrected chi connectivity index (χ1v) is 19.0. The summed E-state index contributed by atoms with van der Waals surface area (Å²) < 4.78 is 11.7. The van der Waals surface area contributed by atoms with E-state index >= 15 is 0 Å². The second kappa shape index (κ2) is 11.9. The first-order valence-electron chi connectivity index (χ1n) is 19.0. The average molecular weight is 717 g/mol. The molecule has 0 atom stereocenters. The summed E-state index contributed by atoms with van der Waals surface area (Å²) in [6.45, 7) is 0. The zero-order chi connectivity index (χ0) is 36.7. The van der Waals surface area contributed by atoms with E-state index in [2.05, 4.69) is 202 Å². The minimum atomic E-state index is 0.782. The lowest BCUT2D eigenvalue weighted by Gasteiger charge is -2.34. The summed E-state index contributed by atoms with van der Waals surface area (Å²) in [6, 6.07) is 66.9. The predicted molar refractivity (Wildman–Crippen MR) is 231 cm³/mol. The molecule has 1 aliphatic heterocycles. The highest BCUT2D eigenvalue weighted by atomic mass is 16.5. The number of hydrogen-bond acceptors (Lipinski definition) is 3. The maximum Gasteiger partial charge on any atom is 0.153 e. The summed E-state index contributed by atoms with van der Waals surface area (Å²) in [5.74, 6) is 1.56. The Kier molecular flexibility index (Phi) is 6.56. The van der Waals surface area contributed by atoms with E-state index in [-0.39, 0.29) is 0 Å². The third-order valence-corrected chi connectivity index (χ3v) is 11.3. The summed E-state index contributed by atoms with van der Waals surface area (Å²) in [5, 5.41) is 7.19. The van der Waals surface area contributed by atoms with Gasteiger partial charge in [-0.25, -0.2) is 0 Å². The topological polar surface area (TPSA) is 35.2 Å². The van der Waals surface area contributed by atoms with Gasteiger partial charge in [-0.05, 0) is 72.1 Å². The minimum Gasteiger partial charge on any atom is -0.453 e. The molecule has 0 spiro atoms. The number of hydrogen-bond donors (Lipinski definition) is 0. The van der Waals surface area contributed by atoms with Gasteiger partial charge in [-0.1, -0.05) is 109 Å². The van der Waals surface area contributed by atoms with Gasteiger partial charge in [0.15, 0.2) is 11.5 Å². The zero-order valence-corrected chi connectivity index (χ0v) is 30.2. The number of para-hydroxylation sites is 4. The molecule has 4 heterocycles. The average Bonchev–Trinajstić information content (AvgIpc) is 3.78. The maximum atomic E-state index is 7.05. The van der Waals surface area contributed by atoms with Crippen LogP contribution in [0.25, 0.3) is 77.0 Å². The van der Waals surface area contributed by atoms with Crippen LogP contribution in [-0.2, 0) is 0 Å². The van der Waals surface area contributed by atoms with Gasteiger partial charge < -0.3 is 18.8 Å². The van der Waals surface area contributed by atoms with Gasteiger partial charge in [-0.15, -0.1) is 0 Å². The Morgan fingerprint density at radius 2 is 0.857 bits per heavy atom. The van der Waals surface area contributed by atoms with Gasteiger partial charge in [-0.2, -0.15) is 0 Å². The van der Waals surface area contributed by atoms with Crippen molar-refractivity contribution < 1.29 is 4.74 Å². The third-order valence-electron chi connectivity index (χ3n) is 11.3. The smallest absolute Gasteiger partial charge is 0.153 e. The summed E-state index contributed by atoms with van der Waals surface area (Å²) in [4.78, 5) is 7.21. The molecule has 3 aromatic heterocycles. The lowest BCUT2D eigenvalue weighted by molar-refractivity contribution is 0.476. The van der Waals surface area contributed by atoms with Crippen LogP contribution in [0, 0.1) is 0 Å². The maximum absolute atomic E-state index is 7.05. The van der Waals surface area contributed by atoms with Gasteiger partial charge in [0.05, 0.1) is 50.5 Å². The van der Waals surface area contributed by atoms with Crippen LogP contribution in [0.2, 0.25) is 0 Å². The molecule has 262 valence electrons. The van der Waals surface area contributed by atoms with E-state index < -0.39 is 0 Å². The van der Waals surface area contributed by atoms with Crippen LogP contribution in [0.4, 0.5) is 17.1 Å². The van der Waals surface area contributed by atoms with E-state index in [0.717, 1.165) is 78.6 Å². The molecular weight excluding hydrogens is 685 g/mol. The van der Waals surface area contributed by atoms with Gasteiger partial charge in [0.25, 0.3) is 0 Å². The fourth-order valence-electron chi connectivity index (χ4n) is 8.89. The molecule has 0 N–H and O–H groups in total. The van der Waals surface area contributed by atoms with Crippen LogP contribution in [0.1, 0.15) is 0 Å². The molecule has 0 radical (unpaired) electrons. The van der Waals surface area contributed by atoms with E-state index in [4.69, 9.17) is 9.72 Å². The third kappa shape index (κ3) is 4.52. The van der Waals surface area contributed by atoms with Gasteiger partial charge in [0.1, 0.15) is 0 Å². The number of nitrogens with zero attached hydrogens (tertiary/aromatic N) is 4. The van der Waals surface area contributed by atoms with Crippen molar-refractivity contribution in [2.75, 3.05) is 4.90 Å². The summed E-state index contributed by atoms with van der Waals surface area (Å²) in [7, 11) is 0. The first kappa shape index (κ1) is 30.8. The first-order chi connectivity index (χ1) is 27.8. The molecule has 0 bridgehead atoms. The molecule has 11 aromatic rings. The second-order valence-corrected chi connectivity index (χ2v) is 14.4. The van der Waals surface area contributed by atoms with Crippen molar-refractivity contribution in [3.63, 3.8) is 0 Å². The molecule has 0 fully saturated rings. The number of pyridine rings is 1. The monoisotopic (exact) mass is 716 g/mol. The lowest BCUT2D eigenvalue weighted by Crippen LogP contribution is -2.16. The Hall–Kier alpha value is -7.63. The Labute approximate surface area is 322 Å². The summed E-state index contributed by atoms with van der Waals surface area (Å²) >= 11 is 0. The SMILES string of the molecule is c1cc(-c2nccc3ccccc23)cc(N2c3ccc(-n4c5ccccc5c5ccccc54)cc3Oc3cc(-n4c5ccccc5c5ccccc54)ccc32)c1. The zero-order valence-electron chi connectivity index (χ0n) is 30.2. The molecule has 56 heavy (non-hydrogen) atoms. The highest BCUT2D eigenvalue weighted by Crippen LogP contribution is 2.52. The molecule has 5 heteroatoms. The normalized spacial score (nSPS) is 12.4. The number of aromatic nitrogens is 3. The van der Waals surface area contributed by atoms with Crippen molar-refractivity contribution >= 4 is 71.4 Å². The Morgan fingerprint density at radius 1 is 0.375 bits per heavy atom. The molecule has 5 nitrogen and oxygen atoms in total. The Morgan fingerprint density at radius 3 is 1.39 bits per heavy atom. The standard InChI is InChI=1S/C51H32N4O/c1-2-15-38-33(12-1)28-29-52-51(38)34-13-11-14-35(30-34)55-47-26-24-36(53-43-20-7-3-16-39(43)40-17-4-8-21-44(40)53)31-49(47)56-50-32-37(25-27-48(50)55)54-45-22-9-5-18-41(45)42-19-6-10-23-46(42)54/h1-32H. The molecule has 0 amide bonds. The van der Waals surface area contributed by atoms with Crippen LogP contribution in [0.5, 0.6) is 11.5 Å². The highest BCUT2D eigenvalue weighted by Gasteiger charge is 2.28. The number of ether oxygens (including phenoxy) is 1. The number of rotatable bonds is 4. The summed E-state index contributed by atoms with van der Waals surface area (Å²) in [6.07, 6.45) is 1.90. The largest absolute Gasteiger partial charge is 0.453 e. The van der Waals surface area contributed by atoms with Crippen molar-refractivity contribution in [3.05, 3.63) is 194 Å². The molecular formula is C51H32N4O. The molecule has 1 aliphatic rings. The van der Waals surface area contributed by atoms with Crippen LogP contribution in [-0.4, -0.2) is 14.1 Å². The Balaban J connectivity index is 1.08. The van der Waals surface area contributed by atoms with E-state index in [1.807, 2.05) is 6.20 Å². The van der Waals surface area contributed by atoms with Crippen molar-refractivity contribution in [1.29, 1.82) is 0 Å². The van der Waals surface area contributed by atoms with E-state index in [1.54, 1.807) is 0 Å². The van der Waals surface area contributed by atoms with Gasteiger partial charge in [0.2, 0.25) is 0 Å². The van der Waals surface area contributed by atoms with Gasteiger partial charge in [-0.3, -0.25) is 4.98 Å². The van der Waals surface area contributed by atoms with E-state index in [0.29, 0.717) is 0 Å². The number of benzene rings is 8. The fraction of sp³-hybridized carbons (Fsp3) is 0. The molecule has 8 aromatic carbocycles. The Bertz CT molecular complexity index is 3100. The van der Waals surface area contributed by atoms with Crippen LogP contribution >= 0.6 is 0 Å². The highest BCUT2D eigenvalue weighted by molar-refractivity contribution is 6.10. The number of anilines is 3. The molecule has 12 rings (SSSR count). The van der Waals surface area contributed by atoms with Crippen molar-refractivity contribution in [2.24, 2.45) is 0 Å².